The van der Waals surface area contributed by atoms with Crippen LogP contribution in [0.5, 0.6) is 17.4 Å². The Morgan fingerprint density at radius 1 is 1.07 bits per heavy atom. The third-order valence-corrected chi connectivity index (χ3v) is 4.48. The SMILES string of the molecule is COc1ccc(NC(=O)NC2CCC(Oc3cnccn3)CC2)cc1OC. The van der Waals surface area contributed by atoms with E-state index < -0.39 is 0 Å². The highest BCUT2D eigenvalue weighted by Gasteiger charge is 2.24. The van der Waals surface area contributed by atoms with Crippen molar-refractivity contribution < 1.29 is 19.0 Å². The maximum absolute atomic E-state index is 12.3. The first-order valence-corrected chi connectivity index (χ1v) is 8.90. The number of aromatic nitrogens is 2. The van der Waals surface area contributed by atoms with Gasteiger partial charge in [0, 0.05) is 30.2 Å². The van der Waals surface area contributed by atoms with Crippen molar-refractivity contribution in [1.29, 1.82) is 0 Å². The second kappa shape index (κ2) is 9.07. The first kappa shape index (κ1) is 18.8. The summed E-state index contributed by atoms with van der Waals surface area (Å²) >= 11 is 0. The monoisotopic (exact) mass is 372 g/mol. The maximum Gasteiger partial charge on any atom is 0.319 e. The Morgan fingerprint density at radius 3 is 2.52 bits per heavy atom. The zero-order valence-electron chi connectivity index (χ0n) is 15.5. The van der Waals surface area contributed by atoms with Crippen molar-refractivity contribution in [3.8, 4) is 17.4 Å². The van der Waals surface area contributed by atoms with Crippen LogP contribution in [0.25, 0.3) is 0 Å². The maximum atomic E-state index is 12.3. The lowest BCUT2D eigenvalue weighted by Crippen LogP contribution is -2.41. The minimum atomic E-state index is -0.236. The fraction of sp³-hybridized carbons (Fsp3) is 0.421. The van der Waals surface area contributed by atoms with E-state index in [2.05, 4.69) is 20.6 Å². The van der Waals surface area contributed by atoms with E-state index >= 15 is 0 Å². The average molecular weight is 372 g/mol. The first-order chi connectivity index (χ1) is 13.2. The van der Waals surface area contributed by atoms with Gasteiger partial charge in [-0.15, -0.1) is 0 Å². The number of carbonyl (C=O) groups is 1. The molecule has 1 fully saturated rings. The second-order valence-electron chi connectivity index (χ2n) is 6.30. The van der Waals surface area contributed by atoms with Crippen LogP contribution in [0.3, 0.4) is 0 Å². The number of anilines is 1. The van der Waals surface area contributed by atoms with Crippen LogP contribution >= 0.6 is 0 Å². The van der Waals surface area contributed by atoms with Gasteiger partial charge in [0.15, 0.2) is 11.5 Å². The van der Waals surface area contributed by atoms with E-state index in [0.717, 1.165) is 25.7 Å². The van der Waals surface area contributed by atoms with Crippen molar-refractivity contribution in [1.82, 2.24) is 15.3 Å². The Kier molecular flexibility index (Phi) is 6.30. The molecule has 1 aromatic carbocycles. The number of benzene rings is 1. The number of carbonyl (C=O) groups excluding carboxylic acids is 1. The van der Waals surface area contributed by atoms with Crippen molar-refractivity contribution >= 4 is 11.7 Å². The van der Waals surface area contributed by atoms with Crippen LogP contribution in [0.15, 0.2) is 36.8 Å². The molecule has 1 aliphatic rings. The molecule has 1 aliphatic carbocycles. The molecule has 8 nitrogen and oxygen atoms in total. The Balaban J connectivity index is 1.45. The summed E-state index contributed by atoms with van der Waals surface area (Å²) < 4.78 is 16.3. The number of hydrogen-bond acceptors (Lipinski definition) is 6. The Hall–Kier alpha value is -3.03. The molecule has 144 valence electrons. The molecule has 0 unspecified atom stereocenters. The highest BCUT2D eigenvalue weighted by molar-refractivity contribution is 5.89. The lowest BCUT2D eigenvalue weighted by atomic mass is 9.93. The van der Waals surface area contributed by atoms with Gasteiger partial charge in [-0.2, -0.15) is 0 Å². The van der Waals surface area contributed by atoms with Crippen LogP contribution in [0.2, 0.25) is 0 Å². The Bertz CT molecular complexity index is 749. The van der Waals surface area contributed by atoms with Crippen molar-refractivity contribution in [3.63, 3.8) is 0 Å². The molecule has 1 aromatic heterocycles. The van der Waals surface area contributed by atoms with Crippen LogP contribution in [0.4, 0.5) is 10.5 Å². The topological polar surface area (TPSA) is 94.6 Å². The molecule has 0 atom stereocenters. The number of ether oxygens (including phenoxy) is 3. The van der Waals surface area contributed by atoms with Gasteiger partial charge in [0.2, 0.25) is 5.88 Å². The third kappa shape index (κ3) is 5.22. The number of amides is 2. The zero-order chi connectivity index (χ0) is 19.1. The van der Waals surface area contributed by atoms with Gasteiger partial charge in [-0.1, -0.05) is 0 Å². The summed E-state index contributed by atoms with van der Waals surface area (Å²) in [5.74, 6) is 1.72. The molecule has 3 rings (SSSR count). The summed E-state index contributed by atoms with van der Waals surface area (Å²) in [6, 6.07) is 5.13. The van der Waals surface area contributed by atoms with Crippen molar-refractivity contribution in [2.75, 3.05) is 19.5 Å². The number of urea groups is 1. The summed E-state index contributed by atoms with van der Waals surface area (Å²) in [7, 11) is 3.13. The number of methoxy groups -OCH3 is 2. The lowest BCUT2D eigenvalue weighted by molar-refractivity contribution is 0.135. The van der Waals surface area contributed by atoms with E-state index in [9.17, 15) is 4.79 Å². The second-order valence-corrected chi connectivity index (χ2v) is 6.30. The van der Waals surface area contributed by atoms with Crippen molar-refractivity contribution in [3.05, 3.63) is 36.8 Å². The van der Waals surface area contributed by atoms with Crippen LogP contribution in [-0.4, -0.2) is 42.4 Å². The fourth-order valence-corrected chi connectivity index (χ4v) is 3.11. The van der Waals surface area contributed by atoms with Crippen molar-refractivity contribution in [2.24, 2.45) is 0 Å². The van der Waals surface area contributed by atoms with Crippen LogP contribution in [0.1, 0.15) is 25.7 Å². The Morgan fingerprint density at radius 2 is 1.85 bits per heavy atom. The van der Waals surface area contributed by atoms with Crippen LogP contribution in [-0.2, 0) is 0 Å². The Labute approximate surface area is 158 Å². The van der Waals surface area contributed by atoms with Gasteiger partial charge < -0.3 is 24.8 Å². The molecule has 27 heavy (non-hydrogen) atoms. The number of hydrogen-bond donors (Lipinski definition) is 2. The molecular weight excluding hydrogens is 348 g/mol. The molecule has 0 aliphatic heterocycles. The molecule has 1 saturated carbocycles. The predicted molar refractivity (Wildman–Crippen MR) is 100 cm³/mol. The van der Waals surface area contributed by atoms with E-state index in [1.807, 2.05) is 0 Å². The normalized spacial score (nSPS) is 19.0. The van der Waals surface area contributed by atoms with E-state index in [-0.39, 0.29) is 18.2 Å². The van der Waals surface area contributed by atoms with Crippen molar-refractivity contribution in [2.45, 2.75) is 37.8 Å². The standard InChI is InChI=1S/C19H24N4O4/c1-25-16-8-5-14(11-17(16)26-2)23-19(24)22-13-3-6-15(7-4-13)27-18-12-20-9-10-21-18/h5,8-13,15H,3-4,6-7H2,1-2H3,(H2,22,23,24). The largest absolute Gasteiger partial charge is 0.493 e. The van der Waals surface area contributed by atoms with E-state index in [0.29, 0.717) is 23.1 Å². The molecule has 0 radical (unpaired) electrons. The summed E-state index contributed by atoms with van der Waals surface area (Å²) in [6.45, 7) is 0. The average Bonchev–Trinajstić information content (AvgIpc) is 2.70. The molecule has 0 saturated heterocycles. The van der Waals surface area contributed by atoms with Crippen LogP contribution in [0, 0.1) is 0 Å². The molecule has 8 heteroatoms. The molecule has 0 spiro atoms. The van der Waals surface area contributed by atoms with Gasteiger partial charge >= 0.3 is 6.03 Å². The van der Waals surface area contributed by atoms with E-state index in [1.165, 1.54) is 0 Å². The summed E-state index contributed by atoms with van der Waals surface area (Å²) in [5, 5.41) is 5.84. The molecule has 0 bridgehead atoms. The summed E-state index contributed by atoms with van der Waals surface area (Å²) in [5.41, 5.74) is 0.643. The summed E-state index contributed by atoms with van der Waals surface area (Å²) in [4.78, 5) is 20.4. The van der Waals surface area contributed by atoms with Gasteiger partial charge in [-0.25, -0.2) is 9.78 Å². The zero-order valence-corrected chi connectivity index (χ0v) is 15.5. The van der Waals surface area contributed by atoms with Gasteiger partial charge in [0.25, 0.3) is 0 Å². The van der Waals surface area contributed by atoms with Gasteiger partial charge in [0.1, 0.15) is 6.10 Å². The third-order valence-electron chi connectivity index (χ3n) is 4.48. The number of nitrogens with zero attached hydrogens (tertiary/aromatic N) is 2. The lowest BCUT2D eigenvalue weighted by Gasteiger charge is -2.29. The van der Waals surface area contributed by atoms with Gasteiger partial charge in [-0.05, 0) is 37.8 Å². The number of nitrogens with one attached hydrogen (secondary N) is 2. The highest BCUT2D eigenvalue weighted by Crippen LogP contribution is 2.29. The first-order valence-electron chi connectivity index (χ1n) is 8.90. The highest BCUT2D eigenvalue weighted by atomic mass is 16.5. The quantitative estimate of drug-likeness (QED) is 0.809. The van der Waals surface area contributed by atoms with Gasteiger partial charge in [-0.3, -0.25) is 4.98 Å². The molecule has 2 aromatic rings. The minimum Gasteiger partial charge on any atom is -0.493 e. The summed E-state index contributed by atoms with van der Waals surface area (Å²) in [6.07, 6.45) is 8.37. The van der Waals surface area contributed by atoms with E-state index in [1.54, 1.807) is 51.0 Å². The number of rotatable bonds is 6. The molecule has 2 N–H and O–H groups in total. The predicted octanol–water partition coefficient (Wildman–Crippen LogP) is 3.01. The minimum absolute atomic E-state index is 0.105. The van der Waals surface area contributed by atoms with Crippen LogP contribution < -0.4 is 24.8 Å². The van der Waals surface area contributed by atoms with Gasteiger partial charge in [0.05, 0.1) is 20.4 Å². The van der Waals surface area contributed by atoms with E-state index in [4.69, 9.17) is 14.2 Å². The molecule has 1 heterocycles. The fourth-order valence-electron chi connectivity index (χ4n) is 3.11. The molecular formula is C19H24N4O4. The smallest absolute Gasteiger partial charge is 0.319 e. The molecule has 2 amide bonds.